The topological polar surface area (TPSA) is 45.6 Å². The van der Waals surface area contributed by atoms with Gasteiger partial charge in [0.05, 0.1) is 5.56 Å². The first kappa shape index (κ1) is 21.1. The largest absolute Gasteiger partial charge is 0.343 e. The number of halogens is 1. The van der Waals surface area contributed by atoms with E-state index in [1.54, 1.807) is 12.1 Å². The molecule has 2 amide bonds. The Labute approximate surface area is 172 Å². The van der Waals surface area contributed by atoms with Gasteiger partial charge in [0.2, 0.25) is 5.91 Å². The molecule has 1 aromatic heterocycles. The first-order valence-electron chi connectivity index (χ1n) is 10.4. The second-order valence-electron chi connectivity index (χ2n) is 7.67. The normalized spacial score (nSPS) is 14.9. The van der Waals surface area contributed by atoms with Crippen molar-refractivity contribution >= 4 is 11.8 Å². The van der Waals surface area contributed by atoms with E-state index in [1.807, 2.05) is 48.1 Å². The summed E-state index contributed by atoms with van der Waals surface area (Å²) >= 11 is 0. The van der Waals surface area contributed by atoms with Crippen molar-refractivity contribution in [3.05, 3.63) is 53.1 Å². The van der Waals surface area contributed by atoms with Gasteiger partial charge in [-0.2, -0.15) is 0 Å². The van der Waals surface area contributed by atoms with Crippen LogP contribution < -0.4 is 0 Å². The Balaban J connectivity index is 1.73. The summed E-state index contributed by atoms with van der Waals surface area (Å²) in [5.41, 5.74) is 3.29. The molecule has 0 saturated carbocycles. The lowest BCUT2D eigenvalue weighted by atomic mass is 9.94. The lowest BCUT2D eigenvalue weighted by Gasteiger charge is -2.33. The highest BCUT2D eigenvalue weighted by molar-refractivity contribution is 5.96. The van der Waals surface area contributed by atoms with Gasteiger partial charge in [-0.1, -0.05) is 0 Å². The molecule has 0 N–H and O–H groups in total. The fourth-order valence-corrected chi connectivity index (χ4v) is 4.26. The van der Waals surface area contributed by atoms with Gasteiger partial charge in [0.15, 0.2) is 0 Å². The highest BCUT2D eigenvalue weighted by atomic mass is 19.1. The summed E-state index contributed by atoms with van der Waals surface area (Å²) in [6.07, 6.45) is 1.41. The smallest absolute Gasteiger partial charge is 0.255 e. The van der Waals surface area contributed by atoms with Crippen LogP contribution in [0.25, 0.3) is 5.69 Å². The number of rotatable bonds is 5. The number of benzene rings is 1. The second kappa shape index (κ2) is 8.80. The van der Waals surface area contributed by atoms with E-state index < -0.39 is 0 Å². The molecule has 2 heterocycles. The molecule has 1 fully saturated rings. The van der Waals surface area contributed by atoms with Crippen LogP contribution in [0.15, 0.2) is 30.3 Å². The molecule has 0 bridgehead atoms. The van der Waals surface area contributed by atoms with Crippen molar-refractivity contribution in [1.29, 1.82) is 0 Å². The molecule has 2 aromatic rings. The van der Waals surface area contributed by atoms with Crippen LogP contribution in [0.1, 0.15) is 48.4 Å². The van der Waals surface area contributed by atoms with Crippen LogP contribution in [0, 0.1) is 25.6 Å². The third-order valence-electron chi connectivity index (χ3n) is 5.95. The summed E-state index contributed by atoms with van der Waals surface area (Å²) in [7, 11) is 0. The average Bonchev–Trinajstić information content (AvgIpc) is 3.03. The van der Waals surface area contributed by atoms with Gasteiger partial charge in [0, 0.05) is 49.2 Å². The maximum absolute atomic E-state index is 13.3. The molecule has 0 unspecified atom stereocenters. The molecular formula is C23H30FN3O2. The highest BCUT2D eigenvalue weighted by Gasteiger charge is 2.31. The zero-order valence-corrected chi connectivity index (χ0v) is 17.7. The minimum absolute atomic E-state index is 0.000185. The van der Waals surface area contributed by atoms with Crippen molar-refractivity contribution in [3.63, 3.8) is 0 Å². The zero-order valence-electron chi connectivity index (χ0n) is 17.7. The maximum atomic E-state index is 13.3. The fraction of sp³-hybridized carbons (Fsp3) is 0.478. The molecule has 5 nitrogen and oxygen atoms in total. The van der Waals surface area contributed by atoms with E-state index >= 15 is 0 Å². The van der Waals surface area contributed by atoms with Gasteiger partial charge in [0.1, 0.15) is 5.82 Å². The minimum Gasteiger partial charge on any atom is -0.343 e. The monoisotopic (exact) mass is 399 g/mol. The van der Waals surface area contributed by atoms with Crippen molar-refractivity contribution in [2.24, 2.45) is 5.92 Å². The van der Waals surface area contributed by atoms with Gasteiger partial charge in [0.25, 0.3) is 5.91 Å². The van der Waals surface area contributed by atoms with Crippen molar-refractivity contribution in [3.8, 4) is 5.69 Å². The van der Waals surface area contributed by atoms with E-state index in [-0.39, 0.29) is 23.5 Å². The van der Waals surface area contributed by atoms with Gasteiger partial charge in [-0.15, -0.1) is 0 Å². The van der Waals surface area contributed by atoms with E-state index in [9.17, 15) is 14.0 Å². The standard InChI is InChI=1S/C23H30FN3O2/c1-5-25(6-2)22(28)18-11-13-26(14-12-18)23(29)21-15-16(3)27(17(21)4)20-9-7-19(24)8-10-20/h7-10,15,18H,5-6,11-14H2,1-4H3. The maximum Gasteiger partial charge on any atom is 0.255 e. The molecule has 3 rings (SSSR count). The predicted octanol–water partition coefficient (Wildman–Crippen LogP) is 3.95. The summed E-state index contributed by atoms with van der Waals surface area (Å²) in [5.74, 6) is -0.0722. The Morgan fingerprint density at radius 3 is 2.21 bits per heavy atom. The summed E-state index contributed by atoms with van der Waals surface area (Å²) in [5, 5.41) is 0. The third-order valence-corrected chi connectivity index (χ3v) is 5.95. The first-order chi connectivity index (χ1) is 13.9. The van der Waals surface area contributed by atoms with Crippen molar-refractivity contribution in [1.82, 2.24) is 14.4 Å². The van der Waals surface area contributed by atoms with Crippen LogP contribution >= 0.6 is 0 Å². The Morgan fingerprint density at radius 2 is 1.66 bits per heavy atom. The van der Waals surface area contributed by atoms with Crippen LogP contribution in [-0.4, -0.2) is 52.4 Å². The van der Waals surface area contributed by atoms with E-state index in [2.05, 4.69) is 0 Å². The van der Waals surface area contributed by atoms with Crippen molar-refractivity contribution in [2.75, 3.05) is 26.2 Å². The third kappa shape index (κ3) is 4.21. The van der Waals surface area contributed by atoms with Crippen molar-refractivity contribution in [2.45, 2.75) is 40.5 Å². The Morgan fingerprint density at radius 1 is 1.07 bits per heavy atom. The lowest BCUT2D eigenvalue weighted by Crippen LogP contribution is -2.44. The summed E-state index contributed by atoms with van der Waals surface area (Å²) in [6.45, 7) is 10.5. The number of aryl methyl sites for hydroxylation is 1. The number of piperidine rings is 1. The second-order valence-corrected chi connectivity index (χ2v) is 7.67. The predicted molar refractivity (Wildman–Crippen MR) is 112 cm³/mol. The van der Waals surface area contributed by atoms with E-state index in [0.717, 1.165) is 30.2 Å². The van der Waals surface area contributed by atoms with Crippen molar-refractivity contribution < 1.29 is 14.0 Å². The Kier molecular flexibility index (Phi) is 6.40. The van der Waals surface area contributed by atoms with E-state index in [0.29, 0.717) is 31.5 Å². The molecule has 156 valence electrons. The number of hydrogen-bond donors (Lipinski definition) is 0. The van der Waals surface area contributed by atoms with Crippen LogP contribution in [-0.2, 0) is 4.79 Å². The number of aromatic nitrogens is 1. The molecule has 0 radical (unpaired) electrons. The summed E-state index contributed by atoms with van der Waals surface area (Å²) in [6, 6.07) is 8.18. The van der Waals surface area contributed by atoms with Crippen LogP contribution in [0.2, 0.25) is 0 Å². The van der Waals surface area contributed by atoms with E-state index in [4.69, 9.17) is 0 Å². The molecule has 0 aliphatic carbocycles. The molecule has 1 aliphatic rings. The van der Waals surface area contributed by atoms with Crippen LogP contribution in [0.5, 0.6) is 0 Å². The van der Waals surface area contributed by atoms with E-state index in [1.165, 1.54) is 12.1 Å². The molecule has 29 heavy (non-hydrogen) atoms. The fourth-order valence-electron chi connectivity index (χ4n) is 4.26. The number of nitrogens with zero attached hydrogens (tertiary/aromatic N) is 3. The molecule has 6 heteroatoms. The Hall–Kier alpha value is -2.63. The average molecular weight is 400 g/mol. The molecule has 1 aliphatic heterocycles. The van der Waals surface area contributed by atoms with Crippen LogP contribution in [0.3, 0.4) is 0 Å². The number of hydrogen-bond acceptors (Lipinski definition) is 2. The molecule has 1 saturated heterocycles. The van der Waals surface area contributed by atoms with Gasteiger partial charge in [-0.05, 0) is 70.9 Å². The molecule has 0 atom stereocenters. The van der Waals surface area contributed by atoms with Gasteiger partial charge >= 0.3 is 0 Å². The first-order valence-corrected chi connectivity index (χ1v) is 10.4. The zero-order chi connectivity index (χ0) is 21.1. The van der Waals surface area contributed by atoms with Gasteiger partial charge in [-0.3, -0.25) is 9.59 Å². The number of amides is 2. The Bertz CT molecular complexity index is 876. The molecular weight excluding hydrogens is 369 g/mol. The lowest BCUT2D eigenvalue weighted by molar-refractivity contribution is -0.136. The molecule has 0 spiro atoms. The quantitative estimate of drug-likeness (QED) is 0.764. The minimum atomic E-state index is -0.283. The van der Waals surface area contributed by atoms with Gasteiger partial charge < -0.3 is 14.4 Å². The van der Waals surface area contributed by atoms with Crippen LogP contribution in [0.4, 0.5) is 4.39 Å². The summed E-state index contributed by atoms with van der Waals surface area (Å²) in [4.78, 5) is 29.5. The molecule has 1 aromatic carbocycles. The number of carbonyl (C=O) groups excluding carboxylic acids is 2. The van der Waals surface area contributed by atoms with Gasteiger partial charge in [-0.25, -0.2) is 4.39 Å². The number of likely N-dealkylation sites (tertiary alicyclic amines) is 1. The summed E-state index contributed by atoms with van der Waals surface area (Å²) < 4.78 is 15.2. The highest BCUT2D eigenvalue weighted by Crippen LogP contribution is 2.25. The SMILES string of the molecule is CCN(CC)C(=O)C1CCN(C(=O)c2cc(C)n(-c3ccc(F)cc3)c2C)CC1. The number of carbonyl (C=O) groups is 2.